The number of fused-ring (bicyclic) bond motifs is 1. The predicted molar refractivity (Wildman–Crippen MR) is 87.5 cm³/mol. The summed E-state index contributed by atoms with van der Waals surface area (Å²) in [7, 11) is 1.67. The van der Waals surface area contributed by atoms with Crippen LogP contribution in [0.4, 0.5) is 0 Å². The van der Waals surface area contributed by atoms with Crippen molar-refractivity contribution in [1.82, 2.24) is 0 Å². The van der Waals surface area contributed by atoms with Crippen LogP contribution < -0.4 is 4.74 Å². The summed E-state index contributed by atoms with van der Waals surface area (Å²) in [6.07, 6.45) is 4.28. The quantitative estimate of drug-likeness (QED) is 0.914. The van der Waals surface area contributed by atoms with Gasteiger partial charge in [-0.3, -0.25) is 0 Å². The molecule has 0 spiro atoms. The van der Waals surface area contributed by atoms with Gasteiger partial charge < -0.3 is 9.84 Å². The first-order chi connectivity index (χ1) is 10.1. The molecule has 1 N–H and O–H groups in total. The fraction of sp³-hybridized carbons (Fsp3) is 0.444. The van der Waals surface area contributed by atoms with Crippen molar-refractivity contribution in [2.24, 2.45) is 0 Å². The van der Waals surface area contributed by atoms with Crippen LogP contribution in [0.5, 0.6) is 5.75 Å². The lowest BCUT2D eigenvalue weighted by atomic mass is 9.96. The molecule has 0 amide bonds. The molecule has 1 aliphatic rings. The molecule has 3 heteroatoms. The number of aliphatic hydroxyl groups excluding tert-OH is 1. The Labute approximate surface area is 130 Å². The molecule has 1 heterocycles. The first-order valence-corrected chi connectivity index (χ1v) is 8.36. The van der Waals surface area contributed by atoms with E-state index >= 15 is 0 Å². The number of hydrogen-bond acceptors (Lipinski definition) is 3. The number of rotatable bonds is 3. The molecule has 1 unspecified atom stereocenters. The number of ether oxygens (including phenoxy) is 1. The van der Waals surface area contributed by atoms with E-state index in [2.05, 4.69) is 19.1 Å². The SMILES string of the molecule is COc1cc(C)cc(C)c1C(O)c1cc2c(s1)CCCC2. The van der Waals surface area contributed by atoms with E-state index in [4.69, 9.17) is 4.74 Å². The standard InChI is InChI=1S/C18H22O2S/c1-11-8-12(2)17(14(9-11)20-3)18(19)16-10-13-6-4-5-7-15(13)21-16/h8-10,18-19H,4-7H2,1-3H3. The summed E-state index contributed by atoms with van der Waals surface area (Å²) >= 11 is 1.76. The zero-order valence-electron chi connectivity index (χ0n) is 12.9. The lowest BCUT2D eigenvalue weighted by molar-refractivity contribution is 0.217. The Morgan fingerprint density at radius 2 is 1.90 bits per heavy atom. The molecule has 0 saturated heterocycles. The first kappa shape index (κ1) is 14.6. The third-order valence-corrected chi connectivity index (χ3v) is 5.56. The molecule has 0 fully saturated rings. The molecule has 0 bridgehead atoms. The van der Waals surface area contributed by atoms with E-state index in [-0.39, 0.29) is 0 Å². The molecule has 0 saturated carbocycles. The van der Waals surface area contributed by atoms with Gasteiger partial charge in [-0.05, 0) is 68.4 Å². The van der Waals surface area contributed by atoms with Gasteiger partial charge in [-0.15, -0.1) is 11.3 Å². The van der Waals surface area contributed by atoms with Crippen molar-refractivity contribution in [3.05, 3.63) is 50.2 Å². The third kappa shape index (κ3) is 2.72. The van der Waals surface area contributed by atoms with E-state index in [9.17, 15) is 5.11 Å². The molecular weight excluding hydrogens is 280 g/mol. The van der Waals surface area contributed by atoms with Crippen LogP contribution in [0.3, 0.4) is 0 Å². The highest BCUT2D eigenvalue weighted by atomic mass is 32.1. The van der Waals surface area contributed by atoms with Gasteiger partial charge in [-0.25, -0.2) is 0 Å². The minimum Gasteiger partial charge on any atom is -0.496 e. The first-order valence-electron chi connectivity index (χ1n) is 7.55. The molecule has 21 heavy (non-hydrogen) atoms. The van der Waals surface area contributed by atoms with Crippen LogP contribution in [0.25, 0.3) is 0 Å². The van der Waals surface area contributed by atoms with E-state index < -0.39 is 6.10 Å². The summed E-state index contributed by atoms with van der Waals surface area (Å²) in [6.45, 7) is 4.09. The number of benzene rings is 1. The largest absolute Gasteiger partial charge is 0.496 e. The van der Waals surface area contributed by atoms with Crippen LogP contribution in [0.15, 0.2) is 18.2 Å². The molecule has 0 aliphatic heterocycles. The summed E-state index contributed by atoms with van der Waals surface area (Å²) in [4.78, 5) is 2.51. The smallest absolute Gasteiger partial charge is 0.125 e. The Morgan fingerprint density at radius 1 is 1.14 bits per heavy atom. The fourth-order valence-electron chi connectivity index (χ4n) is 3.25. The average Bonchev–Trinajstić information content (AvgIpc) is 2.89. The van der Waals surface area contributed by atoms with Crippen molar-refractivity contribution < 1.29 is 9.84 Å². The molecular formula is C18H22O2S. The number of aryl methyl sites for hydroxylation is 4. The second-order valence-corrected chi connectivity index (χ2v) is 7.07. The Bertz CT molecular complexity index is 634. The summed E-state index contributed by atoms with van der Waals surface area (Å²) in [5.74, 6) is 0.784. The van der Waals surface area contributed by atoms with Crippen LogP contribution in [0.1, 0.15) is 51.0 Å². The maximum absolute atomic E-state index is 10.9. The Morgan fingerprint density at radius 3 is 2.62 bits per heavy atom. The summed E-state index contributed by atoms with van der Waals surface area (Å²) in [6, 6.07) is 6.30. The van der Waals surface area contributed by atoms with Crippen LogP contribution >= 0.6 is 11.3 Å². The van der Waals surface area contributed by atoms with Crippen molar-refractivity contribution in [3.63, 3.8) is 0 Å². The maximum atomic E-state index is 10.9. The number of thiophene rings is 1. The van der Waals surface area contributed by atoms with Gasteiger partial charge in [0.15, 0.2) is 0 Å². The molecule has 2 aromatic rings. The zero-order valence-corrected chi connectivity index (χ0v) is 13.7. The molecule has 112 valence electrons. The summed E-state index contributed by atoms with van der Waals surface area (Å²) < 4.78 is 5.50. The van der Waals surface area contributed by atoms with Crippen molar-refractivity contribution in [1.29, 1.82) is 0 Å². The normalized spacial score (nSPS) is 15.6. The highest BCUT2D eigenvalue weighted by Gasteiger charge is 2.23. The lowest BCUT2D eigenvalue weighted by Gasteiger charge is -2.17. The highest BCUT2D eigenvalue weighted by molar-refractivity contribution is 7.12. The Hall–Kier alpha value is -1.32. The van der Waals surface area contributed by atoms with Crippen LogP contribution in [-0.4, -0.2) is 12.2 Å². The topological polar surface area (TPSA) is 29.5 Å². The summed E-state index contributed by atoms with van der Waals surface area (Å²) in [5, 5.41) is 10.9. The second-order valence-electron chi connectivity index (χ2n) is 5.90. The number of aliphatic hydroxyl groups is 1. The van der Waals surface area contributed by atoms with E-state index in [1.807, 2.05) is 13.0 Å². The van der Waals surface area contributed by atoms with Gasteiger partial charge in [0.25, 0.3) is 0 Å². The van der Waals surface area contributed by atoms with Gasteiger partial charge in [-0.1, -0.05) is 6.07 Å². The van der Waals surface area contributed by atoms with Crippen molar-refractivity contribution >= 4 is 11.3 Å². The average molecular weight is 302 g/mol. The molecule has 2 nitrogen and oxygen atoms in total. The fourth-order valence-corrected chi connectivity index (χ4v) is 4.50. The van der Waals surface area contributed by atoms with E-state index in [0.717, 1.165) is 40.2 Å². The van der Waals surface area contributed by atoms with Gasteiger partial charge in [0.1, 0.15) is 11.9 Å². The molecule has 3 rings (SSSR count). The Balaban J connectivity index is 2.02. The van der Waals surface area contributed by atoms with Gasteiger partial charge in [0, 0.05) is 15.3 Å². The van der Waals surface area contributed by atoms with Crippen molar-refractivity contribution in [2.45, 2.75) is 45.6 Å². The van der Waals surface area contributed by atoms with Crippen LogP contribution in [-0.2, 0) is 12.8 Å². The molecule has 1 aromatic heterocycles. The highest BCUT2D eigenvalue weighted by Crippen LogP contribution is 2.39. The summed E-state index contributed by atoms with van der Waals surface area (Å²) in [5.41, 5.74) is 4.59. The number of methoxy groups -OCH3 is 1. The molecule has 1 aliphatic carbocycles. The van der Waals surface area contributed by atoms with Gasteiger partial charge >= 0.3 is 0 Å². The van der Waals surface area contributed by atoms with Crippen LogP contribution in [0.2, 0.25) is 0 Å². The van der Waals surface area contributed by atoms with Crippen molar-refractivity contribution in [2.75, 3.05) is 7.11 Å². The van der Waals surface area contributed by atoms with E-state index in [1.54, 1.807) is 18.4 Å². The minimum atomic E-state index is -0.587. The van der Waals surface area contributed by atoms with E-state index in [0.29, 0.717) is 0 Å². The monoisotopic (exact) mass is 302 g/mol. The van der Waals surface area contributed by atoms with E-state index in [1.165, 1.54) is 23.3 Å². The van der Waals surface area contributed by atoms with Gasteiger partial charge in [0.05, 0.1) is 7.11 Å². The third-order valence-electron chi connectivity index (χ3n) is 4.27. The Kier molecular flexibility index (Phi) is 4.05. The predicted octanol–water partition coefficient (Wildman–Crippen LogP) is 4.33. The van der Waals surface area contributed by atoms with Crippen molar-refractivity contribution in [3.8, 4) is 5.75 Å². The zero-order chi connectivity index (χ0) is 15.0. The molecule has 0 radical (unpaired) electrons. The van der Waals surface area contributed by atoms with Gasteiger partial charge in [0.2, 0.25) is 0 Å². The minimum absolute atomic E-state index is 0.587. The lowest BCUT2D eigenvalue weighted by Crippen LogP contribution is -2.04. The molecule has 1 atom stereocenters. The maximum Gasteiger partial charge on any atom is 0.125 e. The molecule has 1 aromatic carbocycles. The number of hydrogen-bond donors (Lipinski definition) is 1. The van der Waals surface area contributed by atoms with Crippen LogP contribution in [0, 0.1) is 13.8 Å². The second kappa shape index (κ2) is 5.82. The van der Waals surface area contributed by atoms with Gasteiger partial charge in [-0.2, -0.15) is 0 Å².